The number of aliphatic hydroxyl groups is 1. The fraction of sp³-hybridized carbons (Fsp3) is 0.733. The number of hydrogen-bond acceptors (Lipinski definition) is 16. The summed E-state index contributed by atoms with van der Waals surface area (Å²) in [7, 11) is -15.4. The standard InChI is InChI=1S/C15H21NO20S3/c17-9(35-21)2-1-6-3-7(4-32-38(25,26)27)33-15(10(6)16-37(22,23)24)34-12-11(18)8(36-39(28,29)30)5-31-13(12)14(19)20/h6-8,10-13,15-16,18,21H,3-5H2,(H,19,20)(H,22,23,24)(H,25,26,27)(H,28,29,30)/t6-,7?,8?,10?,11+,12+,13?,15-/m0/s1. The first-order valence-corrected chi connectivity index (χ1v) is 14.2. The molecule has 0 aromatic carbocycles. The molecular formula is C15H21NO20S3. The zero-order valence-electron chi connectivity index (χ0n) is 18.9. The SMILES string of the molecule is O=C(C#C[C@H]1CC(COS(=O)(=O)O)O[C@@H](O[C@H]2C(C(=O)O)OCC(OS(=O)(=O)O)[C@H]2O)C1NS(=O)(=O)O)OO. The van der Waals surface area contributed by atoms with E-state index in [1.54, 1.807) is 10.6 Å². The van der Waals surface area contributed by atoms with Crippen molar-refractivity contribution in [3.8, 4) is 11.8 Å². The molecule has 0 aromatic rings. The third-order valence-electron chi connectivity index (χ3n) is 4.94. The minimum Gasteiger partial charge on any atom is -0.479 e. The fourth-order valence-corrected chi connectivity index (χ4v) is 4.93. The van der Waals surface area contributed by atoms with Gasteiger partial charge in [-0.05, 0) is 6.42 Å². The van der Waals surface area contributed by atoms with Crippen molar-refractivity contribution < 1.29 is 91.4 Å². The molecule has 24 heteroatoms. The Balaban J connectivity index is 2.51. The molecule has 224 valence electrons. The number of carbonyl (C=O) groups is 2. The van der Waals surface area contributed by atoms with Crippen LogP contribution in [0.3, 0.4) is 0 Å². The molecule has 0 saturated carbocycles. The lowest BCUT2D eigenvalue weighted by molar-refractivity contribution is -0.285. The predicted octanol–water partition coefficient (Wildman–Crippen LogP) is -4.26. The highest BCUT2D eigenvalue weighted by Crippen LogP contribution is 2.31. The Morgan fingerprint density at radius 1 is 1.05 bits per heavy atom. The molecular weight excluding hydrogens is 610 g/mol. The molecule has 39 heavy (non-hydrogen) atoms. The van der Waals surface area contributed by atoms with Gasteiger partial charge in [0.1, 0.15) is 18.3 Å². The summed E-state index contributed by atoms with van der Waals surface area (Å²) >= 11 is 0. The Morgan fingerprint density at radius 2 is 1.69 bits per heavy atom. The number of aliphatic hydroxyl groups excluding tert-OH is 1. The Labute approximate surface area is 219 Å². The van der Waals surface area contributed by atoms with Crippen molar-refractivity contribution in [3.05, 3.63) is 0 Å². The first-order chi connectivity index (χ1) is 17.8. The van der Waals surface area contributed by atoms with Crippen LogP contribution in [0.2, 0.25) is 0 Å². The first-order valence-electron chi connectivity index (χ1n) is 10.0. The minimum absolute atomic E-state index is 0.533. The third kappa shape index (κ3) is 10.8. The molecule has 2 fully saturated rings. The molecule has 2 heterocycles. The van der Waals surface area contributed by atoms with Crippen molar-refractivity contribution in [3.63, 3.8) is 0 Å². The van der Waals surface area contributed by atoms with Gasteiger partial charge in [-0.25, -0.2) is 18.0 Å². The summed E-state index contributed by atoms with van der Waals surface area (Å²) in [5.41, 5.74) is 0. The van der Waals surface area contributed by atoms with E-state index in [9.17, 15) is 49.6 Å². The summed E-state index contributed by atoms with van der Waals surface area (Å²) in [6.45, 7) is -1.90. The van der Waals surface area contributed by atoms with E-state index in [0.29, 0.717) is 0 Å². The van der Waals surface area contributed by atoms with Crippen molar-refractivity contribution in [2.45, 2.75) is 49.3 Å². The number of nitrogens with one attached hydrogen (secondary N) is 1. The molecule has 2 saturated heterocycles. The number of carboxylic acid groups (broad SMARTS) is 1. The molecule has 0 amide bonds. The fourth-order valence-electron chi connectivity index (χ4n) is 3.51. The van der Waals surface area contributed by atoms with Crippen LogP contribution < -0.4 is 4.72 Å². The molecule has 0 radical (unpaired) electrons. The molecule has 21 nitrogen and oxygen atoms in total. The summed E-state index contributed by atoms with van der Waals surface area (Å²) < 4.78 is 120. The van der Waals surface area contributed by atoms with E-state index >= 15 is 0 Å². The van der Waals surface area contributed by atoms with E-state index in [-0.39, 0.29) is 0 Å². The topological polar surface area (TPSA) is 325 Å². The molecule has 0 spiro atoms. The van der Waals surface area contributed by atoms with E-state index in [2.05, 4.69) is 19.2 Å². The number of aliphatic carboxylic acids is 1. The van der Waals surface area contributed by atoms with Crippen LogP contribution in [0, 0.1) is 17.8 Å². The zero-order chi connectivity index (χ0) is 29.8. The second-order valence-corrected chi connectivity index (χ2v) is 11.0. The van der Waals surface area contributed by atoms with Crippen molar-refractivity contribution >= 4 is 43.0 Å². The van der Waals surface area contributed by atoms with Gasteiger partial charge in [0, 0.05) is 11.8 Å². The van der Waals surface area contributed by atoms with Gasteiger partial charge in [0.25, 0.3) is 0 Å². The van der Waals surface area contributed by atoms with Gasteiger partial charge in [-0.3, -0.25) is 18.5 Å². The van der Waals surface area contributed by atoms with Crippen molar-refractivity contribution in [2.24, 2.45) is 5.92 Å². The maximum atomic E-state index is 11.7. The van der Waals surface area contributed by atoms with Gasteiger partial charge in [-0.1, -0.05) is 5.92 Å². The van der Waals surface area contributed by atoms with Gasteiger partial charge < -0.3 is 24.4 Å². The number of carbonyl (C=O) groups excluding carboxylic acids is 1. The second kappa shape index (κ2) is 13.0. The molecule has 2 rings (SSSR count). The lowest BCUT2D eigenvalue weighted by Crippen LogP contribution is -2.62. The average molecular weight is 632 g/mol. The Morgan fingerprint density at radius 3 is 2.21 bits per heavy atom. The molecule has 7 N–H and O–H groups in total. The van der Waals surface area contributed by atoms with Crippen LogP contribution in [0.25, 0.3) is 0 Å². The predicted molar refractivity (Wildman–Crippen MR) is 114 cm³/mol. The highest BCUT2D eigenvalue weighted by atomic mass is 32.3. The summed E-state index contributed by atoms with van der Waals surface area (Å²) in [6.07, 6.45) is -12.7. The van der Waals surface area contributed by atoms with E-state index in [1.807, 2.05) is 0 Å². The van der Waals surface area contributed by atoms with Crippen LogP contribution in [-0.4, -0.2) is 122 Å². The van der Waals surface area contributed by atoms with Crippen LogP contribution in [0.5, 0.6) is 0 Å². The molecule has 0 aliphatic carbocycles. The Bertz CT molecular complexity index is 1280. The minimum atomic E-state index is -5.22. The molecule has 4 unspecified atom stereocenters. The lowest BCUT2D eigenvalue weighted by atomic mass is 9.90. The van der Waals surface area contributed by atoms with Crippen molar-refractivity contribution in [2.75, 3.05) is 13.2 Å². The molecule has 0 aromatic heterocycles. The third-order valence-corrected chi connectivity index (χ3v) is 6.43. The highest BCUT2D eigenvalue weighted by Gasteiger charge is 2.50. The summed E-state index contributed by atoms with van der Waals surface area (Å²) in [5, 5.41) is 28.4. The van der Waals surface area contributed by atoms with Crippen LogP contribution in [0.4, 0.5) is 0 Å². The van der Waals surface area contributed by atoms with Crippen LogP contribution >= 0.6 is 0 Å². The molecule has 2 aliphatic heterocycles. The normalized spacial score (nSPS) is 32.0. The van der Waals surface area contributed by atoms with E-state index < -0.39 is 111 Å². The number of ether oxygens (including phenoxy) is 3. The quantitative estimate of drug-likeness (QED) is 0.0519. The zero-order valence-corrected chi connectivity index (χ0v) is 21.3. The molecule has 8 atom stereocenters. The van der Waals surface area contributed by atoms with E-state index in [1.165, 1.54) is 0 Å². The van der Waals surface area contributed by atoms with Gasteiger partial charge in [-0.15, -0.1) is 0 Å². The van der Waals surface area contributed by atoms with Gasteiger partial charge in [0.2, 0.25) is 0 Å². The summed E-state index contributed by atoms with van der Waals surface area (Å²) in [6, 6.07) is -1.90. The maximum absolute atomic E-state index is 11.7. The maximum Gasteiger partial charge on any atom is 0.416 e. The average Bonchev–Trinajstić information content (AvgIpc) is 2.77. The number of rotatable bonds is 10. The summed E-state index contributed by atoms with van der Waals surface area (Å²) in [5.74, 6) is -1.02. The molecule has 0 bridgehead atoms. The van der Waals surface area contributed by atoms with E-state index in [0.717, 1.165) is 0 Å². The van der Waals surface area contributed by atoms with Crippen LogP contribution in [0.1, 0.15) is 6.42 Å². The lowest BCUT2D eigenvalue weighted by Gasteiger charge is -2.44. The van der Waals surface area contributed by atoms with Crippen LogP contribution in [-0.2, 0) is 68.2 Å². The van der Waals surface area contributed by atoms with Gasteiger partial charge >= 0.3 is 43.0 Å². The van der Waals surface area contributed by atoms with Crippen molar-refractivity contribution in [1.29, 1.82) is 0 Å². The highest BCUT2D eigenvalue weighted by molar-refractivity contribution is 7.83. The Hall–Kier alpha value is -2.09. The molecule has 2 aliphatic rings. The van der Waals surface area contributed by atoms with Gasteiger partial charge in [-0.2, -0.15) is 35.2 Å². The number of hydrogen-bond donors (Lipinski definition) is 7. The second-order valence-electron chi connectivity index (χ2n) is 7.69. The largest absolute Gasteiger partial charge is 0.479 e. The Kier molecular flexibility index (Phi) is 11.1. The van der Waals surface area contributed by atoms with Crippen molar-refractivity contribution in [1.82, 2.24) is 4.72 Å². The smallest absolute Gasteiger partial charge is 0.416 e. The number of carboxylic acids is 1. The monoisotopic (exact) mass is 631 g/mol. The summed E-state index contributed by atoms with van der Waals surface area (Å²) in [4.78, 5) is 26.3. The first kappa shape index (κ1) is 33.1. The van der Waals surface area contributed by atoms with Crippen LogP contribution in [0.15, 0.2) is 0 Å². The van der Waals surface area contributed by atoms with Gasteiger partial charge in [0.15, 0.2) is 12.4 Å². The van der Waals surface area contributed by atoms with Gasteiger partial charge in [0.05, 0.1) is 25.4 Å². The van der Waals surface area contributed by atoms with E-state index in [4.69, 9.17) is 28.6 Å².